The van der Waals surface area contributed by atoms with Crippen LogP contribution in [0.4, 0.5) is 0 Å². The van der Waals surface area contributed by atoms with Gasteiger partial charge in [-0.25, -0.2) is 8.42 Å². The van der Waals surface area contributed by atoms with Gasteiger partial charge in [0.15, 0.2) is 0 Å². The molecule has 0 aliphatic heterocycles. The summed E-state index contributed by atoms with van der Waals surface area (Å²) >= 11 is 0. The van der Waals surface area contributed by atoms with Gasteiger partial charge in [0.2, 0.25) is 5.91 Å². The van der Waals surface area contributed by atoms with Gasteiger partial charge in [-0.1, -0.05) is 13.3 Å². The van der Waals surface area contributed by atoms with Crippen molar-refractivity contribution in [3.05, 3.63) is 0 Å². The van der Waals surface area contributed by atoms with Crippen LogP contribution in [-0.2, 0) is 14.6 Å². The summed E-state index contributed by atoms with van der Waals surface area (Å²) in [4.78, 5) is 13.2. The van der Waals surface area contributed by atoms with E-state index >= 15 is 0 Å². The molecule has 0 aliphatic rings. The van der Waals surface area contributed by atoms with Gasteiger partial charge in [-0.05, 0) is 13.3 Å². The number of carbonyl (C=O) groups is 1. The molecule has 0 aromatic rings. The third kappa shape index (κ3) is 7.57. The summed E-state index contributed by atoms with van der Waals surface area (Å²) in [6.07, 6.45) is 2.61. The standard InChI is InChI=1S/C10H22N2O3S.ClH/c1-5-6-9(11)10(13)12(3)8(2)7-16(4,14)15;/h8-9H,5-7,11H2,1-4H3;1H. The van der Waals surface area contributed by atoms with Crippen molar-refractivity contribution in [3.63, 3.8) is 0 Å². The molecule has 104 valence electrons. The number of carbonyl (C=O) groups excluding carboxylic acids is 1. The Morgan fingerprint density at radius 3 is 2.24 bits per heavy atom. The number of hydrogen-bond donors (Lipinski definition) is 1. The highest BCUT2D eigenvalue weighted by atomic mass is 35.5. The second-order valence-corrected chi connectivity index (χ2v) is 6.47. The minimum atomic E-state index is -3.07. The molecule has 1 amide bonds. The van der Waals surface area contributed by atoms with E-state index < -0.39 is 15.9 Å². The summed E-state index contributed by atoms with van der Waals surface area (Å²) in [5.74, 6) is -0.230. The molecule has 2 N–H and O–H groups in total. The van der Waals surface area contributed by atoms with Crippen molar-refractivity contribution in [1.82, 2.24) is 4.90 Å². The van der Waals surface area contributed by atoms with E-state index in [4.69, 9.17) is 5.73 Å². The summed E-state index contributed by atoms with van der Waals surface area (Å²) in [7, 11) is -1.48. The minimum absolute atomic E-state index is 0. The highest BCUT2D eigenvalue weighted by molar-refractivity contribution is 7.90. The molecule has 0 aromatic carbocycles. The lowest BCUT2D eigenvalue weighted by atomic mass is 10.1. The van der Waals surface area contributed by atoms with Crippen LogP contribution in [0.5, 0.6) is 0 Å². The molecule has 7 heteroatoms. The van der Waals surface area contributed by atoms with Crippen molar-refractivity contribution >= 4 is 28.2 Å². The van der Waals surface area contributed by atoms with Crippen LogP contribution in [0.2, 0.25) is 0 Å². The predicted octanol–water partition coefficient (Wildman–Crippen LogP) is 0.427. The maximum absolute atomic E-state index is 11.8. The highest BCUT2D eigenvalue weighted by Gasteiger charge is 2.23. The zero-order valence-corrected chi connectivity index (χ0v) is 12.5. The maximum Gasteiger partial charge on any atom is 0.239 e. The van der Waals surface area contributed by atoms with E-state index in [1.165, 1.54) is 4.90 Å². The zero-order valence-electron chi connectivity index (χ0n) is 10.8. The van der Waals surface area contributed by atoms with Crippen molar-refractivity contribution in [1.29, 1.82) is 0 Å². The quantitative estimate of drug-likeness (QED) is 0.768. The Bertz CT molecular complexity index is 332. The van der Waals surface area contributed by atoms with Gasteiger partial charge in [0, 0.05) is 19.3 Å². The first kappa shape index (κ1) is 19.0. The molecule has 0 aromatic heterocycles. The summed E-state index contributed by atoms with van der Waals surface area (Å²) < 4.78 is 22.2. The van der Waals surface area contributed by atoms with E-state index in [1.807, 2.05) is 6.92 Å². The number of likely N-dealkylation sites (N-methyl/N-ethyl adjacent to an activating group) is 1. The van der Waals surface area contributed by atoms with Gasteiger partial charge in [0.1, 0.15) is 9.84 Å². The van der Waals surface area contributed by atoms with Crippen LogP contribution >= 0.6 is 12.4 Å². The molecule has 0 rings (SSSR count). The molecule has 0 radical (unpaired) electrons. The number of amides is 1. The molecule has 0 spiro atoms. The maximum atomic E-state index is 11.8. The molecule has 2 unspecified atom stereocenters. The lowest BCUT2D eigenvalue weighted by Crippen LogP contribution is -2.47. The third-order valence-electron chi connectivity index (χ3n) is 2.47. The average molecular weight is 287 g/mol. The topological polar surface area (TPSA) is 80.5 Å². The average Bonchev–Trinajstić information content (AvgIpc) is 2.13. The Balaban J connectivity index is 0. The van der Waals surface area contributed by atoms with Crippen LogP contribution in [-0.4, -0.2) is 50.4 Å². The molecular formula is C10H23ClN2O3S. The molecule has 5 nitrogen and oxygen atoms in total. The fourth-order valence-corrected chi connectivity index (χ4v) is 2.56. The summed E-state index contributed by atoms with van der Waals surface area (Å²) in [5.41, 5.74) is 5.69. The van der Waals surface area contributed by atoms with Crippen LogP contribution in [0, 0.1) is 0 Å². The van der Waals surface area contributed by atoms with E-state index in [1.54, 1.807) is 14.0 Å². The van der Waals surface area contributed by atoms with Crippen molar-refractivity contribution in [2.24, 2.45) is 5.73 Å². The normalized spacial score (nSPS) is 14.6. The molecule has 0 bridgehead atoms. The molecule has 17 heavy (non-hydrogen) atoms. The predicted molar refractivity (Wildman–Crippen MR) is 72.1 cm³/mol. The Morgan fingerprint density at radius 1 is 1.41 bits per heavy atom. The highest BCUT2D eigenvalue weighted by Crippen LogP contribution is 2.04. The summed E-state index contributed by atoms with van der Waals surface area (Å²) in [5, 5.41) is 0. The molecule has 0 saturated heterocycles. The lowest BCUT2D eigenvalue weighted by molar-refractivity contribution is -0.132. The first-order valence-electron chi connectivity index (χ1n) is 5.39. The number of halogens is 1. The molecule has 0 aliphatic carbocycles. The Kier molecular flexibility index (Phi) is 8.83. The van der Waals surface area contributed by atoms with E-state index in [2.05, 4.69) is 0 Å². The number of nitrogens with two attached hydrogens (primary N) is 1. The van der Waals surface area contributed by atoms with Gasteiger partial charge in [-0.2, -0.15) is 0 Å². The molecule has 0 heterocycles. The van der Waals surface area contributed by atoms with Gasteiger partial charge in [0.05, 0.1) is 11.8 Å². The van der Waals surface area contributed by atoms with Crippen molar-refractivity contribution in [2.75, 3.05) is 19.1 Å². The van der Waals surface area contributed by atoms with Crippen molar-refractivity contribution in [2.45, 2.75) is 38.8 Å². The Hall–Kier alpha value is -0.330. The van der Waals surface area contributed by atoms with Crippen molar-refractivity contribution < 1.29 is 13.2 Å². The van der Waals surface area contributed by atoms with E-state index in [0.717, 1.165) is 12.7 Å². The zero-order chi connectivity index (χ0) is 12.9. The first-order valence-corrected chi connectivity index (χ1v) is 7.45. The number of sulfone groups is 1. The van der Waals surface area contributed by atoms with Crippen LogP contribution in [0.25, 0.3) is 0 Å². The fourth-order valence-electron chi connectivity index (χ4n) is 1.46. The van der Waals surface area contributed by atoms with E-state index in [9.17, 15) is 13.2 Å². The second-order valence-electron chi connectivity index (χ2n) is 4.29. The summed E-state index contributed by atoms with van der Waals surface area (Å²) in [6, 6.07) is -0.873. The van der Waals surface area contributed by atoms with Gasteiger partial charge < -0.3 is 10.6 Å². The first-order chi connectivity index (χ1) is 7.19. The van der Waals surface area contributed by atoms with Crippen LogP contribution < -0.4 is 5.73 Å². The minimum Gasteiger partial charge on any atom is -0.341 e. The van der Waals surface area contributed by atoms with Gasteiger partial charge >= 0.3 is 0 Å². The Labute approximate surface area is 110 Å². The Morgan fingerprint density at radius 2 is 1.88 bits per heavy atom. The summed E-state index contributed by atoms with van der Waals surface area (Å²) in [6.45, 7) is 3.66. The monoisotopic (exact) mass is 286 g/mol. The van der Waals surface area contributed by atoms with Gasteiger partial charge in [0.25, 0.3) is 0 Å². The molecule has 0 fully saturated rings. The second kappa shape index (κ2) is 7.89. The lowest BCUT2D eigenvalue weighted by Gasteiger charge is -2.26. The number of hydrogen-bond acceptors (Lipinski definition) is 4. The number of nitrogens with zero attached hydrogens (tertiary/aromatic N) is 1. The van der Waals surface area contributed by atoms with Crippen LogP contribution in [0.3, 0.4) is 0 Å². The largest absolute Gasteiger partial charge is 0.341 e. The van der Waals surface area contributed by atoms with Crippen LogP contribution in [0.1, 0.15) is 26.7 Å². The van der Waals surface area contributed by atoms with Gasteiger partial charge in [-0.3, -0.25) is 4.79 Å². The van der Waals surface area contributed by atoms with E-state index in [0.29, 0.717) is 6.42 Å². The molecule has 0 saturated carbocycles. The van der Waals surface area contributed by atoms with E-state index in [-0.39, 0.29) is 30.1 Å². The smallest absolute Gasteiger partial charge is 0.239 e. The molecule has 2 atom stereocenters. The fraction of sp³-hybridized carbons (Fsp3) is 0.900. The van der Waals surface area contributed by atoms with Crippen LogP contribution in [0.15, 0.2) is 0 Å². The third-order valence-corrected chi connectivity index (χ3v) is 3.56. The van der Waals surface area contributed by atoms with Gasteiger partial charge in [-0.15, -0.1) is 12.4 Å². The van der Waals surface area contributed by atoms with Crippen molar-refractivity contribution in [3.8, 4) is 0 Å². The number of rotatable bonds is 6. The SMILES string of the molecule is CCCC(N)C(=O)N(C)C(C)CS(C)(=O)=O.Cl. The molecular weight excluding hydrogens is 264 g/mol.